The molecule has 2 aromatic rings. The number of rotatable bonds is 6. The molecular formula is C24H28N2O4. The fourth-order valence-electron chi connectivity index (χ4n) is 3.32. The summed E-state index contributed by atoms with van der Waals surface area (Å²) in [7, 11) is 1.35. The molecule has 6 heteroatoms. The predicted molar refractivity (Wildman–Crippen MR) is 119 cm³/mol. The summed E-state index contributed by atoms with van der Waals surface area (Å²) in [5, 5.41) is 2.81. The number of esters is 1. The van der Waals surface area contributed by atoms with Crippen LogP contribution in [0.5, 0.6) is 0 Å². The molecule has 158 valence electrons. The van der Waals surface area contributed by atoms with Gasteiger partial charge in [0.2, 0.25) is 5.91 Å². The van der Waals surface area contributed by atoms with E-state index in [1.807, 2.05) is 18.2 Å². The minimum atomic E-state index is -0.437. The topological polar surface area (TPSA) is 67.9 Å². The van der Waals surface area contributed by atoms with Crippen LogP contribution in [0.15, 0.2) is 48.5 Å². The second kappa shape index (κ2) is 10.1. The van der Waals surface area contributed by atoms with Gasteiger partial charge in [-0.25, -0.2) is 4.79 Å². The minimum Gasteiger partial charge on any atom is -0.465 e. The molecule has 0 unspecified atom stereocenters. The van der Waals surface area contributed by atoms with Crippen LogP contribution in [-0.2, 0) is 14.3 Å². The maximum Gasteiger partial charge on any atom is 0.340 e. The third-order valence-electron chi connectivity index (χ3n) is 5.05. The van der Waals surface area contributed by atoms with Crippen molar-refractivity contribution in [2.75, 3.05) is 43.6 Å². The molecule has 0 atom stereocenters. The lowest BCUT2D eigenvalue weighted by Gasteiger charge is -2.30. The van der Waals surface area contributed by atoms with Crippen molar-refractivity contribution in [3.05, 3.63) is 65.2 Å². The van der Waals surface area contributed by atoms with Crippen LogP contribution in [0.4, 0.5) is 11.4 Å². The van der Waals surface area contributed by atoms with Crippen molar-refractivity contribution in [2.45, 2.75) is 19.8 Å². The smallest absolute Gasteiger partial charge is 0.340 e. The molecule has 2 aromatic carbocycles. The maximum atomic E-state index is 12.4. The van der Waals surface area contributed by atoms with Crippen LogP contribution in [-0.4, -0.2) is 45.3 Å². The number of ether oxygens (including phenoxy) is 2. The number of amides is 1. The van der Waals surface area contributed by atoms with Crippen molar-refractivity contribution in [1.29, 1.82) is 0 Å². The van der Waals surface area contributed by atoms with E-state index in [1.54, 1.807) is 18.2 Å². The minimum absolute atomic E-state index is 0.266. The lowest BCUT2D eigenvalue weighted by atomic mass is 10.0. The summed E-state index contributed by atoms with van der Waals surface area (Å²) in [6, 6.07) is 13.4. The van der Waals surface area contributed by atoms with Crippen molar-refractivity contribution >= 4 is 29.3 Å². The number of morpholine rings is 1. The van der Waals surface area contributed by atoms with Gasteiger partial charge in [0.25, 0.3) is 0 Å². The van der Waals surface area contributed by atoms with Crippen molar-refractivity contribution in [3.63, 3.8) is 0 Å². The lowest BCUT2D eigenvalue weighted by molar-refractivity contribution is -0.111. The van der Waals surface area contributed by atoms with E-state index in [0.717, 1.165) is 11.3 Å². The van der Waals surface area contributed by atoms with Crippen LogP contribution in [0.2, 0.25) is 0 Å². The Kier molecular flexibility index (Phi) is 7.25. The molecule has 0 aliphatic carbocycles. The largest absolute Gasteiger partial charge is 0.465 e. The highest BCUT2D eigenvalue weighted by molar-refractivity contribution is 6.03. The van der Waals surface area contributed by atoms with Gasteiger partial charge in [-0.05, 0) is 41.3 Å². The highest BCUT2D eigenvalue weighted by Crippen LogP contribution is 2.26. The van der Waals surface area contributed by atoms with E-state index < -0.39 is 5.97 Å². The Hall–Kier alpha value is -3.12. The normalized spacial score (nSPS) is 14.2. The maximum absolute atomic E-state index is 12.4. The molecule has 1 aliphatic heterocycles. The van der Waals surface area contributed by atoms with Gasteiger partial charge in [-0.15, -0.1) is 0 Å². The number of carbonyl (C=O) groups is 2. The van der Waals surface area contributed by atoms with Crippen LogP contribution >= 0.6 is 0 Å². The van der Waals surface area contributed by atoms with Gasteiger partial charge in [0.15, 0.2) is 0 Å². The standard InChI is InChI=1S/C24H28N2O4/c1-17(2)19-7-4-18(5-8-19)6-11-23(27)25-20-9-10-22(21(16-20)24(28)29-3)26-12-14-30-15-13-26/h4-11,16-17H,12-15H2,1-3H3,(H,25,27)/b11-6+. The first-order valence-electron chi connectivity index (χ1n) is 10.1. The van der Waals surface area contributed by atoms with Crippen molar-refractivity contribution in [3.8, 4) is 0 Å². The predicted octanol–water partition coefficient (Wildman–Crippen LogP) is 4.09. The molecular weight excluding hydrogens is 380 g/mol. The zero-order valence-corrected chi connectivity index (χ0v) is 17.7. The van der Waals surface area contributed by atoms with Gasteiger partial charge in [0.1, 0.15) is 0 Å². The second-order valence-electron chi connectivity index (χ2n) is 7.47. The summed E-state index contributed by atoms with van der Waals surface area (Å²) < 4.78 is 10.3. The number of carbonyl (C=O) groups excluding carboxylic acids is 2. The summed E-state index contributed by atoms with van der Waals surface area (Å²) in [5.41, 5.74) is 3.95. The first-order chi connectivity index (χ1) is 14.5. The van der Waals surface area contributed by atoms with Crippen LogP contribution in [0.1, 0.15) is 41.3 Å². The lowest BCUT2D eigenvalue weighted by Crippen LogP contribution is -2.37. The summed E-state index contributed by atoms with van der Waals surface area (Å²) >= 11 is 0. The second-order valence-corrected chi connectivity index (χ2v) is 7.47. The Balaban J connectivity index is 1.72. The Labute approximate surface area is 177 Å². The number of anilines is 2. The summed E-state index contributed by atoms with van der Waals surface area (Å²) in [5.74, 6) is -0.234. The Bertz CT molecular complexity index is 913. The Morgan fingerprint density at radius 3 is 2.43 bits per heavy atom. The van der Waals surface area contributed by atoms with E-state index in [4.69, 9.17) is 9.47 Å². The van der Waals surface area contributed by atoms with Crippen molar-refractivity contribution in [1.82, 2.24) is 0 Å². The zero-order valence-electron chi connectivity index (χ0n) is 17.7. The molecule has 1 heterocycles. The molecule has 1 amide bonds. The number of nitrogens with one attached hydrogen (secondary N) is 1. The molecule has 1 aliphatic rings. The quantitative estimate of drug-likeness (QED) is 0.576. The molecule has 1 saturated heterocycles. The van der Waals surface area contributed by atoms with Gasteiger partial charge < -0.3 is 19.7 Å². The van der Waals surface area contributed by atoms with Gasteiger partial charge in [-0.3, -0.25) is 4.79 Å². The molecule has 0 radical (unpaired) electrons. The third-order valence-corrected chi connectivity index (χ3v) is 5.05. The van der Waals surface area contributed by atoms with E-state index >= 15 is 0 Å². The van der Waals surface area contributed by atoms with E-state index in [1.165, 1.54) is 18.7 Å². The highest BCUT2D eigenvalue weighted by Gasteiger charge is 2.20. The van der Waals surface area contributed by atoms with Crippen LogP contribution in [0, 0.1) is 0 Å². The molecule has 3 rings (SSSR count). The van der Waals surface area contributed by atoms with Crippen molar-refractivity contribution < 1.29 is 19.1 Å². The van der Waals surface area contributed by atoms with Gasteiger partial charge in [-0.1, -0.05) is 38.1 Å². The van der Waals surface area contributed by atoms with Crippen LogP contribution in [0.3, 0.4) is 0 Å². The fraction of sp³-hybridized carbons (Fsp3) is 0.333. The number of hydrogen-bond acceptors (Lipinski definition) is 5. The molecule has 0 spiro atoms. The van der Waals surface area contributed by atoms with Gasteiger partial charge in [-0.2, -0.15) is 0 Å². The highest BCUT2D eigenvalue weighted by atomic mass is 16.5. The first kappa shape index (κ1) is 21.6. The average Bonchev–Trinajstić information content (AvgIpc) is 2.78. The average molecular weight is 408 g/mol. The molecule has 1 N–H and O–H groups in total. The van der Waals surface area contributed by atoms with Gasteiger partial charge in [0.05, 0.1) is 31.6 Å². The fourth-order valence-corrected chi connectivity index (χ4v) is 3.32. The molecule has 0 aromatic heterocycles. The Morgan fingerprint density at radius 2 is 1.80 bits per heavy atom. The van der Waals surface area contributed by atoms with Gasteiger partial charge >= 0.3 is 5.97 Å². The molecule has 0 bridgehead atoms. The number of nitrogens with zero attached hydrogens (tertiary/aromatic N) is 1. The molecule has 30 heavy (non-hydrogen) atoms. The number of hydrogen-bond donors (Lipinski definition) is 1. The van der Waals surface area contributed by atoms with E-state index in [2.05, 4.69) is 36.2 Å². The molecule has 0 saturated carbocycles. The molecule has 1 fully saturated rings. The third kappa shape index (κ3) is 5.48. The summed E-state index contributed by atoms with van der Waals surface area (Å²) in [4.78, 5) is 26.7. The summed E-state index contributed by atoms with van der Waals surface area (Å²) in [6.45, 7) is 6.92. The Morgan fingerprint density at radius 1 is 1.10 bits per heavy atom. The number of methoxy groups -OCH3 is 1. The zero-order chi connectivity index (χ0) is 21.5. The monoisotopic (exact) mass is 408 g/mol. The number of benzene rings is 2. The molecule has 6 nitrogen and oxygen atoms in total. The van der Waals surface area contributed by atoms with E-state index in [9.17, 15) is 9.59 Å². The van der Waals surface area contributed by atoms with Crippen LogP contribution in [0.25, 0.3) is 6.08 Å². The first-order valence-corrected chi connectivity index (χ1v) is 10.1. The SMILES string of the molecule is COC(=O)c1cc(NC(=O)/C=C/c2ccc(C(C)C)cc2)ccc1N1CCOCC1. The van der Waals surface area contributed by atoms with Crippen molar-refractivity contribution in [2.24, 2.45) is 0 Å². The summed E-state index contributed by atoms with van der Waals surface area (Å²) in [6.07, 6.45) is 3.25. The van der Waals surface area contributed by atoms with Crippen LogP contribution < -0.4 is 10.2 Å². The van der Waals surface area contributed by atoms with Gasteiger partial charge in [0, 0.05) is 24.9 Å². The van der Waals surface area contributed by atoms with E-state index in [-0.39, 0.29) is 5.91 Å². The van der Waals surface area contributed by atoms with E-state index in [0.29, 0.717) is 43.5 Å².